The minimum absolute atomic E-state index is 0.276. The maximum atomic E-state index is 12.8. The molecule has 1 heterocycles. The van der Waals surface area contributed by atoms with Crippen molar-refractivity contribution >= 4 is 61.4 Å². The first-order valence-corrected chi connectivity index (χ1v) is 11.9. The molecule has 1 atom stereocenters. The van der Waals surface area contributed by atoms with E-state index < -0.39 is 22.0 Å². The lowest BCUT2D eigenvalue weighted by molar-refractivity contribution is -0.117. The summed E-state index contributed by atoms with van der Waals surface area (Å²) >= 11 is 8.55. The fourth-order valence-corrected chi connectivity index (χ4v) is 5.14. The molecule has 1 aromatic heterocycles. The van der Waals surface area contributed by atoms with Gasteiger partial charge in [-0.3, -0.25) is 14.4 Å². The molecule has 0 radical (unpaired) electrons. The Morgan fingerprint density at radius 1 is 1.41 bits per heavy atom. The van der Waals surface area contributed by atoms with Crippen molar-refractivity contribution in [2.75, 3.05) is 21.6 Å². The van der Waals surface area contributed by atoms with E-state index in [0.717, 1.165) is 10.6 Å². The summed E-state index contributed by atoms with van der Waals surface area (Å²) in [4.78, 5) is 12.8. The number of nitrogens with one attached hydrogen (secondary N) is 1. The van der Waals surface area contributed by atoms with E-state index in [4.69, 9.17) is 11.6 Å². The van der Waals surface area contributed by atoms with Gasteiger partial charge < -0.3 is 0 Å². The predicted octanol–water partition coefficient (Wildman–Crippen LogP) is 3.65. The van der Waals surface area contributed by atoms with Crippen LogP contribution < -0.4 is 9.62 Å². The second kappa shape index (κ2) is 9.54. The molecule has 0 saturated carbocycles. The number of thioether (sulfide) groups is 1. The van der Waals surface area contributed by atoms with Crippen LogP contribution in [0.25, 0.3) is 0 Å². The molecule has 2 rings (SSSR count). The van der Waals surface area contributed by atoms with E-state index in [1.54, 1.807) is 37.3 Å². The van der Waals surface area contributed by atoms with Gasteiger partial charge in [0.15, 0.2) is 4.34 Å². The number of hydrogen-bond donors (Lipinski definition) is 1. The van der Waals surface area contributed by atoms with Gasteiger partial charge in [-0.05, 0) is 30.7 Å². The van der Waals surface area contributed by atoms with E-state index >= 15 is 0 Å². The van der Waals surface area contributed by atoms with Gasteiger partial charge >= 0.3 is 0 Å². The van der Waals surface area contributed by atoms with Crippen molar-refractivity contribution in [2.24, 2.45) is 0 Å². The van der Waals surface area contributed by atoms with Crippen molar-refractivity contribution in [1.82, 2.24) is 10.2 Å². The fourth-order valence-electron chi connectivity index (χ4n) is 2.29. The van der Waals surface area contributed by atoms with Gasteiger partial charge in [0.05, 0.1) is 11.9 Å². The zero-order valence-corrected chi connectivity index (χ0v) is 18.0. The number of amides is 1. The number of aromatic nitrogens is 2. The Bertz CT molecular complexity index is 900. The summed E-state index contributed by atoms with van der Waals surface area (Å²) in [6.45, 7) is 5.38. The zero-order chi connectivity index (χ0) is 20.0. The number of nitrogens with zero attached hydrogens (tertiary/aromatic N) is 3. The molecule has 1 aromatic carbocycles. The molecule has 0 spiro atoms. The molecule has 0 saturated heterocycles. The third-order valence-corrected chi connectivity index (χ3v) is 6.77. The number of carbonyl (C=O) groups excluding carboxylic acids is 1. The molecule has 0 aliphatic rings. The van der Waals surface area contributed by atoms with Gasteiger partial charge in [-0.25, -0.2) is 8.42 Å². The van der Waals surface area contributed by atoms with Crippen LogP contribution in [0.15, 0.2) is 41.3 Å². The van der Waals surface area contributed by atoms with E-state index in [-0.39, 0.29) is 6.42 Å². The molecule has 0 fully saturated rings. The molecule has 27 heavy (non-hydrogen) atoms. The molecule has 0 aliphatic carbocycles. The fraction of sp³-hybridized carbons (Fsp3) is 0.312. The summed E-state index contributed by atoms with van der Waals surface area (Å²) < 4.78 is 26.5. The van der Waals surface area contributed by atoms with Crippen molar-refractivity contribution in [3.05, 3.63) is 41.9 Å². The molecule has 0 aliphatic heterocycles. The van der Waals surface area contributed by atoms with Crippen molar-refractivity contribution in [2.45, 2.75) is 23.7 Å². The maximum Gasteiger partial charge on any atom is 0.250 e. The van der Waals surface area contributed by atoms with Gasteiger partial charge in [-0.15, -0.1) is 16.8 Å². The molecule has 2 aromatic rings. The second-order valence-electron chi connectivity index (χ2n) is 5.42. The number of benzene rings is 1. The first-order chi connectivity index (χ1) is 12.8. The average molecular weight is 447 g/mol. The van der Waals surface area contributed by atoms with Crippen molar-refractivity contribution in [3.63, 3.8) is 0 Å². The molecular formula is C16H19ClN4O3S3. The predicted molar refractivity (Wildman–Crippen MR) is 112 cm³/mol. The normalized spacial score (nSPS) is 12.4. The summed E-state index contributed by atoms with van der Waals surface area (Å²) in [5.74, 6) is 0.202. The summed E-state index contributed by atoms with van der Waals surface area (Å²) in [7, 11) is -3.70. The van der Waals surface area contributed by atoms with E-state index in [9.17, 15) is 13.2 Å². The lowest BCUT2D eigenvalue weighted by atomic mass is 10.2. The lowest BCUT2D eigenvalue weighted by Crippen LogP contribution is -2.46. The van der Waals surface area contributed by atoms with E-state index in [0.29, 0.717) is 25.9 Å². The van der Waals surface area contributed by atoms with Crippen LogP contribution in [-0.2, 0) is 14.8 Å². The van der Waals surface area contributed by atoms with Crippen molar-refractivity contribution < 1.29 is 13.2 Å². The van der Waals surface area contributed by atoms with Gasteiger partial charge in [0.1, 0.15) is 6.04 Å². The highest BCUT2D eigenvalue weighted by atomic mass is 35.5. The van der Waals surface area contributed by atoms with Crippen LogP contribution in [0.1, 0.15) is 13.3 Å². The Balaban J connectivity index is 2.25. The molecular weight excluding hydrogens is 428 g/mol. The number of anilines is 2. The van der Waals surface area contributed by atoms with Crippen LogP contribution in [0.5, 0.6) is 0 Å². The van der Waals surface area contributed by atoms with Crippen LogP contribution in [0.2, 0.25) is 5.02 Å². The lowest BCUT2D eigenvalue weighted by Gasteiger charge is -2.29. The Morgan fingerprint density at radius 2 is 2.07 bits per heavy atom. The minimum Gasteiger partial charge on any atom is -0.299 e. The van der Waals surface area contributed by atoms with Crippen molar-refractivity contribution in [3.8, 4) is 0 Å². The molecule has 7 nitrogen and oxygen atoms in total. The van der Waals surface area contributed by atoms with Gasteiger partial charge in [0, 0.05) is 10.8 Å². The number of halogens is 1. The smallest absolute Gasteiger partial charge is 0.250 e. The van der Waals surface area contributed by atoms with Crippen LogP contribution in [0.4, 0.5) is 10.8 Å². The SMILES string of the molecule is C=CCSc1nnc(NC(=O)[C@@H](CC)N(c2ccc(Cl)cc2)S(C)(=O)=O)s1. The molecule has 1 amide bonds. The van der Waals surface area contributed by atoms with Gasteiger partial charge in [-0.1, -0.05) is 47.7 Å². The van der Waals surface area contributed by atoms with Gasteiger partial charge in [-0.2, -0.15) is 0 Å². The highest BCUT2D eigenvalue weighted by molar-refractivity contribution is 8.01. The Kier molecular flexibility index (Phi) is 7.66. The van der Waals surface area contributed by atoms with Crippen LogP contribution in [-0.4, -0.2) is 42.6 Å². The molecule has 146 valence electrons. The maximum absolute atomic E-state index is 12.8. The Morgan fingerprint density at radius 3 is 2.63 bits per heavy atom. The van der Waals surface area contributed by atoms with Crippen LogP contribution in [0, 0.1) is 0 Å². The standard InChI is InChI=1S/C16H19ClN4O3S3/c1-4-10-25-16-20-19-15(26-16)18-14(22)13(5-2)21(27(3,23)24)12-8-6-11(17)7-9-12/h4,6-9,13H,1,5,10H2,2-3H3,(H,18,19,22)/t13-/m1/s1. The monoisotopic (exact) mass is 446 g/mol. The third kappa shape index (κ3) is 5.93. The highest BCUT2D eigenvalue weighted by Crippen LogP contribution is 2.27. The number of carbonyl (C=O) groups is 1. The topological polar surface area (TPSA) is 92.3 Å². The highest BCUT2D eigenvalue weighted by Gasteiger charge is 2.32. The summed E-state index contributed by atoms with van der Waals surface area (Å²) in [6, 6.07) is 5.35. The molecule has 0 bridgehead atoms. The Hall–Kier alpha value is -1.62. The average Bonchev–Trinajstić information content (AvgIpc) is 3.05. The summed E-state index contributed by atoms with van der Waals surface area (Å²) in [5, 5.41) is 11.4. The molecule has 0 unspecified atom stereocenters. The first kappa shape index (κ1) is 21.7. The number of rotatable bonds is 9. The zero-order valence-electron chi connectivity index (χ0n) is 14.8. The third-order valence-electron chi connectivity index (χ3n) is 3.37. The first-order valence-electron chi connectivity index (χ1n) is 7.89. The quantitative estimate of drug-likeness (QED) is 0.359. The van der Waals surface area contributed by atoms with Crippen LogP contribution >= 0.6 is 34.7 Å². The Labute approximate surface area is 171 Å². The van der Waals surface area contributed by atoms with Crippen molar-refractivity contribution in [1.29, 1.82) is 0 Å². The van der Waals surface area contributed by atoms with Gasteiger partial charge in [0.2, 0.25) is 21.1 Å². The summed E-state index contributed by atoms with van der Waals surface area (Å²) in [6.07, 6.45) is 3.08. The number of sulfonamides is 1. The number of hydrogen-bond acceptors (Lipinski definition) is 7. The minimum atomic E-state index is -3.70. The van der Waals surface area contributed by atoms with E-state index in [1.165, 1.54) is 23.1 Å². The van der Waals surface area contributed by atoms with Crippen LogP contribution in [0.3, 0.4) is 0 Å². The van der Waals surface area contributed by atoms with E-state index in [2.05, 4.69) is 22.1 Å². The van der Waals surface area contributed by atoms with Gasteiger partial charge in [0.25, 0.3) is 0 Å². The molecule has 11 heteroatoms. The van der Waals surface area contributed by atoms with E-state index in [1.807, 2.05) is 0 Å². The second-order valence-corrected chi connectivity index (χ2v) is 9.96. The largest absolute Gasteiger partial charge is 0.299 e. The summed E-state index contributed by atoms with van der Waals surface area (Å²) in [5.41, 5.74) is 0.364. The molecule has 1 N–H and O–H groups in total.